The van der Waals surface area contributed by atoms with Crippen LogP contribution in [-0.4, -0.2) is 34.5 Å². The third kappa shape index (κ3) is 4.18. The lowest BCUT2D eigenvalue weighted by Crippen LogP contribution is -2.14. The molecule has 0 fully saturated rings. The average Bonchev–Trinajstić information content (AvgIpc) is 3.09. The molecule has 1 aromatic heterocycles. The van der Waals surface area contributed by atoms with Crippen molar-refractivity contribution in [3.63, 3.8) is 0 Å². The van der Waals surface area contributed by atoms with Crippen LogP contribution in [-0.2, 0) is 10.1 Å². The average molecular weight is 483 g/mol. The lowest BCUT2D eigenvalue weighted by molar-refractivity contribution is 0.325. The number of hydrogen-bond donors (Lipinski definition) is 3. The first-order valence-corrected chi connectivity index (χ1v) is 11.7. The van der Waals surface area contributed by atoms with Crippen LogP contribution in [0.5, 0.6) is 11.6 Å². The van der Waals surface area contributed by atoms with E-state index in [1.807, 2.05) is 26.0 Å². The fourth-order valence-electron chi connectivity index (χ4n) is 3.52. The van der Waals surface area contributed by atoms with Gasteiger partial charge < -0.3 is 9.84 Å². The van der Waals surface area contributed by atoms with E-state index in [-0.39, 0.29) is 34.6 Å². The molecule has 0 unspecified atom stereocenters. The molecule has 4 rings (SSSR count). The maximum Gasteiger partial charge on any atom is 0.303 e. The summed E-state index contributed by atoms with van der Waals surface area (Å²) in [7, 11) is -4.60. The lowest BCUT2D eigenvalue weighted by Gasteiger charge is -2.08. The number of aromatic hydroxyl groups is 1. The van der Waals surface area contributed by atoms with Gasteiger partial charge in [0.05, 0.1) is 12.3 Å². The Hall–Kier alpha value is -3.96. The molecular weight excluding hydrogens is 460 g/mol. The first kappa shape index (κ1) is 23.2. The van der Waals surface area contributed by atoms with Gasteiger partial charge >= 0.3 is 5.56 Å². The summed E-state index contributed by atoms with van der Waals surface area (Å²) in [6.45, 7) is 5.90. The molecule has 0 amide bonds. The van der Waals surface area contributed by atoms with Crippen LogP contribution in [0.3, 0.4) is 0 Å². The summed E-state index contributed by atoms with van der Waals surface area (Å²) in [4.78, 5) is 12.7. The lowest BCUT2D eigenvalue weighted by atomic mass is 10.1. The van der Waals surface area contributed by atoms with Crippen LogP contribution < -0.4 is 10.3 Å². The number of aromatic amines is 1. The van der Waals surface area contributed by atoms with Gasteiger partial charge in [-0.05, 0) is 44.0 Å². The van der Waals surface area contributed by atoms with Gasteiger partial charge in [0, 0.05) is 16.8 Å². The molecule has 0 saturated heterocycles. The number of aromatic nitrogens is 2. The van der Waals surface area contributed by atoms with Crippen molar-refractivity contribution in [2.45, 2.75) is 25.7 Å². The van der Waals surface area contributed by atoms with E-state index in [1.54, 1.807) is 25.1 Å². The van der Waals surface area contributed by atoms with Gasteiger partial charge in [0.25, 0.3) is 10.1 Å². The Morgan fingerprint density at radius 1 is 1.00 bits per heavy atom. The van der Waals surface area contributed by atoms with Crippen LogP contribution in [0.15, 0.2) is 68.4 Å². The summed E-state index contributed by atoms with van der Waals surface area (Å²) in [5, 5.41) is 21.8. The fourth-order valence-corrected chi connectivity index (χ4v) is 4.24. The highest BCUT2D eigenvalue weighted by molar-refractivity contribution is 7.86. The maximum atomic E-state index is 13.1. The smallest absolute Gasteiger partial charge is 0.303 e. The van der Waals surface area contributed by atoms with Crippen LogP contribution in [0.2, 0.25) is 0 Å². The van der Waals surface area contributed by atoms with Gasteiger partial charge in [0.1, 0.15) is 16.3 Å². The molecule has 11 heteroatoms. The molecule has 3 N–H and O–H groups in total. The number of H-pyrrole nitrogens is 1. The monoisotopic (exact) mass is 482 g/mol. The van der Waals surface area contributed by atoms with Crippen molar-refractivity contribution < 1.29 is 22.8 Å². The molecule has 0 spiro atoms. The Morgan fingerprint density at radius 2 is 1.68 bits per heavy atom. The number of rotatable bonds is 6. The number of hydrogen-bond acceptors (Lipinski definition) is 7. The van der Waals surface area contributed by atoms with E-state index in [0.717, 1.165) is 17.2 Å². The van der Waals surface area contributed by atoms with E-state index < -0.39 is 26.3 Å². The van der Waals surface area contributed by atoms with Gasteiger partial charge in [-0.1, -0.05) is 30.3 Å². The second kappa shape index (κ2) is 8.76. The van der Waals surface area contributed by atoms with Crippen LogP contribution in [0, 0.1) is 13.8 Å². The molecule has 4 aromatic rings. The molecule has 0 bridgehead atoms. The Kier molecular flexibility index (Phi) is 5.98. The van der Waals surface area contributed by atoms with E-state index >= 15 is 0 Å². The van der Waals surface area contributed by atoms with Crippen LogP contribution in [0.1, 0.15) is 18.1 Å². The second-order valence-electron chi connectivity index (χ2n) is 7.59. The normalized spacial score (nSPS) is 12.0. The number of ether oxygens (including phenoxy) is 1. The number of azo groups is 1. The van der Waals surface area contributed by atoms with Gasteiger partial charge in [-0.25, -0.2) is 4.68 Å². The summed E-state index contributed by atoms with van der Waals surface area (Å²) in [5.74, 6) is -0.439. The molecule has 0 atom stereocenters. The number of aryl methyl sites for hydroxylation is 2. The fraction of sp³-hybridized carbons (Fsp3) is 0.174. The first-order chi connectivity index (χ1) is 16.1. The van der Waals surface area contributed by atoms with Crippen molar-refractivity contribution in [1.29, 1.82) is 0 Å². The molecule has 176 valence electrons. The van der Waals surface area contributed by atoms with Crippen molar-refractivity contribution in [3.8, 4) is 17.3 Å². The number of phenols is 1. The van der Waals surface area contributed by atoms with Crippen molar-refractivity contribution >= 4 is 32.3 Å². The molecular formula is C23H22N4O6S. The number of nitrogens with one attached hydrogen (secondary N) is 1. The quantitative estimate of drug-likeness (QED) is 0.268. The summed E-state index contributed by atoms with van der Waals surface area (Å²) in [5.41, 5.74) is 1.95. The SMILES string of the molecule is CCOc1[nH]n(-c2ccc(C)c(C)c2)c(=O)c1N=Nc1c(O)cc(S(=O)(=O)O)c2ccccc12. The van der Waals surface area contributed by atoms with E-state index in [0.29, 0.717) is 5.69 Å². The van der Waals surface area contributed by atoms with Crippen LogP contribution in [0.25, 0.3) is 16.5 Å². The summed E-state index contributed by atoms with van der Waals surface area (Å²) in [6.07, 6.45) is 0. The van der Waals surface area contributed by atoms with Crippen molar-refractivity contribution in [3.05, 3.63) is 70.0 Å². The molecule has 3 aromatic carbocycles. The Bertz CT molecular complexity index is 1600. The molecule has 0 radical (unpaired) electrons. The molecule has 34 heavy (non-hydrogen) atoms. The van der Waals surface area contributed by atoms with Crippen LogP contribution >= 0.6 is 0 Å². The van der Waals surface area contributed by atoms with Crippen LogP contribution in [0.4, 0.5) is 11.4 Å². The minimum Gasteiger partial charge on any atom is -0.506 e. The largest absolute Gasteiger partial charge is 0.506 e. The van der Waals surface area contributed by atoms with Gasteiger partial charge in [0.15, 0.2) is 0 Å². The van der Waals surface area contributed by atoms with Crippen molar-refractivity contribution in [2.24, 2.45) is 10.2 Å². The molecule has 0 aliphatic rings. The van der Waals surface area contributed by atoms with Crippen molar-refractivity contribution in [2.75, 3.05) is 6.61 Å². The number of nitrogens with zero attached hydrogens (tertiary/aromatic N) is 3. The number of phenolic OH excluding ortho intramolecular Hbond substituents is 1. The van der Waals surface area contributed by atoms with Gasteiger partial charge in [0.2, 0.25) is 11.6 Å². The zero-order valence-corrected chi connectivity index (χ0v) is 19.4. The molecule has 0 aliphatic heterocycles. The van der Waals surface area contributed by atoms with E-state index in [1.165, 1.54) is 16.8 Å². The highest BCUT2D eigenvalue weighted by Crippen LogP contribution is 2.40. The summed E-state index contributed by atoms with van der Waals surface area (Å²) in [6, 6.07) is 12.6. The third-order valence-corrected chi connectivity index (χ3v) is 6.25. The Morgan fingerprint density at radius 3 is 2.32 bits per heavy atom. The second-order valence-corrected chi connectivity index (χ2v) is 8.98. The van der Waals surface area contributed by atoms with E-state index in [2.05, 4.69) is 15.3 Å². The van der Waals surface area contributed by atoms with Gasteiger partial charge in [-0.15, -0.1) is 10.2 Å². The van der Waals surface area contributed by atoms with E-state index in [4.69, 9.17) is 4.74 Å². The maximum absolute atomic E-state index is 13.1. The molecule has 0 aliphatic carbocycles. The predicted octanol–water partition coefficient (Wildman–Crippen LogP) is 4.70. The highest BCUT2D eigenvalue weighted by atomic mass is 32.2. The highest BCUT2D eigenvalue weighted by Gasteiger charge is 2.21. The summed E-state index contributed by atoms with van der Waals surface area (Å²) >= 11 is 0. The zero-order chi connectivity index (χ0) is 24.6. The van der Waals surface area contributed by atoms with Crippen molar-refractivity contribution in [1.82, 2.24) is 9.78 Å². The molecule has 0 saturated carbocycles. The standard InChI is InChI=1S/C23H22N4O6S/c1-4-33-22-21(23(29)27(26-22)15-10-9-13(2)14(3)11-15)25-24-20-17-8-6-5-7-16(17)19(12-18(20)28)34(30,31)32/h5-12,26,28H,4H2,1-3H3,(H,30,31,32). The molecule has 10 nitrogen and oxygen atoms in total. The Balaban J connectivity index is 1.88. The summed E-state index contributed by atoms with van der Waals surface area (Å²) < 4.78 is 39.9. The minimum atomic E-state index is -4.60. The first-order valence-electron chi connectivity index (χ1n) is 10.3. The molecule has 1 heterocycles. The zero-order valence-electron chi connectivity index (χ0n) is 18.6. The Labute approximate surface area is 194 Å². The third-order valence-electron chi connectivity index (χ3n) is 5.36. The number of fused-ring (bicyclic) bond motifs is 1. The topological polar surface area (TPSA) is 146 Å². The van der Waals surface area contributed by atoms with E-state index in [9.17, 15) is 22.9 Å². The minimum absolute atomic E-state index is 0.0659. The van der Waals surface area contributed by atoms with Gasteiger partial charge in [-0.3, -0.25) is 14.4 Å². The predicted molar refractivity (Wildman–Crippen MR) is 127 cm³/mol. The van der Waals surface area contributed by atoms with Gasteiger partial charge in [-0.2, -0.15) is 8.42 Å². The number of benzene rings is 3.